The predicted octanol–water partition coefficient (Wildman–Crippen LogP) is 5.86. The molecule has 1 aliphatic carbocycles. The Hall–Kier alpha value is -3.96. The van der Waals surface area contributed by atoms with Gasteiger partial charge in [-0.25, -0.2) is 8.42 Å². The van der Waals surface area contributed by atoms with Crippen LogP contribution in [-0.2, 0) is 26.0 Å². The minimum Gasteiger partial charge on any atom is -0.495 e. The number of nitrogens with one attached hydrogen (secondary N) is 1. The van der Waals surface area contributed by atoms with Gasteiger partial charge >= 0.3 is 0 Å². The molecule has 1 saturated carbocycles. The van der Waals surface area contributed by atoms with E-state index in [1.807, 2.05) is 37.3 Å². The van der Waals surface area contributed by atoms with E-state index in [-0.39, 0.29) is 45.6 Å². The summed E-state index contributed by atoms with van der Waals surface area (Å²) in [7, 11) is -0.157. The molecule has 1 N–H and O–H groups in total. The maximum atomic E-state index is 14.5. The minimum atomic E-state index is -4.42. The Morgan fingerprint density at radius 2 is 1.55 bits per heavy atom. The summed E-state index contributed by atoms with van der Waals surface area (Å²) in [5, 5.41) is 3.42. The maximum Gasteiger partial charge on any atom is 0.265 e. The zero-order valence-corrected chi connectivity index (χ0v) is 29.0. The zero-order chi connectivity index (χ0) is 34.0. The number of halogens is 1. The number of methoxy groups -OCH3 is 3. The highest BCUT2D eigenvalue weighted by Crippen LogP contribution is 2.37. The highest BCUT2D eigenvalue weighted by atomic mass is 35.5. The van der Waals surface area contributed by atoms with E-state index in [2.05, 4.69) is 5.32 Å². The fourth-order valence-corrected chi connectivity index (χ4v) is 7.51. The van der Waals surface area contributed by atoms with Gasteiger partial charge in [0.1, 0.15) is 18.3 Å². The van der Waals surface area contributed by atoms with Gasteiger partial charge in [0.05, 0.1) is 31.9 Å². The van der Waals surface area contributed by atoms with Gasteiger partial charge in [0.25, 0.3) is 10.0 Å². The maximum absolute atomic E-state index is 14.5. The number of benzene rings is 3. The van der Waals surface area contributed by atoms with E-state index in [1.54, 1.807) is 12.1 Å². The van der Waals surface area contributed by atoms with Crippen molar-refractivity contribution in [3.05, 3.63) is 77.3 Å². The highest BCUT2D eigenvalue weighted by molar-refractivity contribution is 7.92. The molecule has 1 atom stereocenters. The molecule has 0 bridgehead atoms. The van der Waals surface area contributed by atoms with Crippen LogP contribution in [0.5, 0.6) is 17.2 Å². The van der Waals surface area contributed by atoms with Crippen molar-refractivity contribution in [2.75, 3.05) is 38.7 Å². The second-order valence-corrected chi connectivity index (χ2v) is 13.7. The van der Waals surface area contributed by atoms with Gasteiger partial charge in [-0.2, -0.15) is 0 Å². The van der Waals surface area contributed by atoms with Gasteiger partial charge in [0.2, 0.25) is 11.8 Å². The van der Waals surface area contributed by atoms with E-state index in [1.165, 1.54) is 50.5 Å². The third-order valence-corrected chi connectivity index (χ3v) is 10.4. The topological polar surface area (TPSA) is 114 Å². The van der Waals surface area contributed by atoms with Crippen molar-refractivity contribution in [1.82, 2.24) is 10.2 Å². The first-order valence-corrected chi connectivity index (χ1v) is 17.7. The van der Waals surface area contributed by atoms with Crippen LogP contribution in [0, 0.1) is 0 Å². The zero-order valence-electron chi connectivity index (χ0n) is 27.4. The lowest BCUT2D eigenvalue weighted by Crippen LogP contribution is -2.54. The molecular formula is C35H44ClN3O7S. The monoisotopic (exact) mass is 685 g/mol. The Kier molecular flexibility index (Phi) is 12.8. The van der Waals surface area contributed by atoms with Crippen LogP contribution >= 0.6 is 11.6 Å². The summed E-state index contributed by atoms with van der Waals surface area (Å²) >= 11 is 6.36. The molecule has 0 saturated heterocycles. The molecule has 1 unspecified atom stereocenters. The van der Waals surface area contributed by atoms with Crippen LogP contribution in [0.2, 0.25) is 5.02 Å². The number of anilines is 1. The summed E-state index contributed by atoms with van der Waals surface area (Å²) in [6, 6.07) is 17.6. The molecule has 4 rings (SSSR count). The van der Waals surface area contributed by atoms with Gasteiger partial charge in [-0.1, -0.05) is 68.1 Å². The molecular weight excluding hydrogens is 642 g/mol. The number of ether oxygens (including phenoxy) is 3. The third kappa shape index (κ3) is 8.90. The van der Waals surface area contributed by atoms with Crippen molar-refractivity contribution < 1.29 is 32.2 Å². The molecule has 3 aromatic carbocycles. The summed E-state index contributed by atoms with van der Waals surface area (Å²) in [6.45, 7) is 1.44. The van der Waals surface area contributed by atoms with E-state index in [9.17, 15) is 18.0 Å². The summed E-state index contributed by atoms with van der Waals surface area (Å²) < 4.78 is 46.1. The van der Waals surface area contributed by atoms with Crippen molar-refractivity contribution in [3.8, 4) is 17.2 Å². The number of carbonyl (C=O) groups excluding carboxylic acids is 2. The molecule has 1 aliphatic rings. The lowest BCUT2D eigenvalue weighted by atomic mass is 9.95. The van der Waals surface area contributed by atoms with Crippen molar-refractivity contribution in [2.45, 2.75) is 68.8 Å². The Balaban J connectivity index is 1.76. The number of rotatable bonds is 15. The normalized spacial score (nSPS) is 14.1. The fraction of sp³-hybridized carbons (Fsp3) is 0.429. The van der Waals surface area contributed by atoms with Gasteiger partial charge in [-0.15, -0.1) is 0 Å². The summed E-state index contributed by atoms with van der Waals surface area (Å²) in [6.07, 6.45) is 5.84. The van der Waals surface area contributed by atoms with E-state index in [4.69, 9.17) is 25.8 Å². The van der Waals surface area contributed by atoms with E-state index < -0.39 is 28.5 Å². The molecule has 1 fully saturated rings. The number of amides is 2. The minimum absolute atomic E-state index is 0.0500. The smallest absolute Gasteiger partial charge is 0.265 e. The van der Waals surface area contributed by atoms with Crippen LogP contribution in [0.25, 0.3) is 0 Å². The molecule has 10 nitrogen and oxygen atoms in total. The first-order chi connectivity index (χ1) is 22.6. The average Bonchev–Trinajstić information content (AvgIpc) is 3.09. The molecule has 2 amide bonds. The first-order valence-electron chi connectivity index (χ1n) is 15.8. The van der Waals surface area contributed by atoms with Gasteiger partial charge in [-0.3, -0.25) is 13.9 Å². The number of hydrogen-bond acceptors (Lipinski definition) is 7. The fourth-order valence-electron chi connectivity index (χ4n) is 5.92. The second kappa shape index (κ2) is 16.7. The molecule has 12 heteroatoms. The van der Waals surface area contributed by atoms with Crippen LogP contribution in [0.15, 0.2) is 71.6 Å². The van der Waals surface area contributed by atoms with Crippen molar-refractivity contribution >= 4 is 39.1 Å². The molecule has 0 aliphatic heterocycles. The number of nitrogens with zero attached hydrogens (tertiary/aromatic N) is 2. The largest absolute Gasteiger partial charge is 0.495 e. The van der Waals surface area contributed by atoms with Crippen LogP contribution in [0.3, 0.4) is 0 Å². The Bertz CT molecular complexity index is 1610. The molecule has 47 heavy (non-hydrogen) atoms. The Morgan fingerprint density at radius 1 is 0.894 bits per heavy atom. The van der Waals surface area contributed by atoms with Crippen LogP contribution in [0.1, 0.15) is 51.0 Å². The Morgan fingerprint density at radius 3 is 2.19 bits per heavy atom. The van der Waals surface area contributed by atoms with Gasteiger partial charge < -0.3 is 24.4 Å². The number of sulfonamides is 1. The van der Waals surface area contributed by atoms with E-state index >= 15 is 0 Å². The predicted molar refractivity (Wildman–Crippen MR) is 183 cm³/mol. The highest BCUT2D eigenvalue weighted by Gasteiger charge is 2.35. The molecule has 0 spiro atoms. The van der Waals surface area contributed by atoms with E-state index in [0.29, 0.717) is 18.6 Å². The first kappa shape index (κ1) is 35.9. The third-order valence-electron chi connectivity index (χ3n) is 8.45. The van der Waals surface area contributed by atoms with Crippen LogP contribution < -0.4 is 23.8 Å². The quantitative estimate of drug-likeness (QED) is 0.213. The van der Waals surface area contributed by atoms with Crippen molar-refractivity contribution in [1.29, 1.82) is 0 Å². The number of carbonyl (C=O) groups is 2. The lowest BCUT2D eigenvalue weighted by molar-refractivity contribution is -0.140. The average molecular weight is 686 g/mol. The molecule has 0 radical (unpaired) electrons. The second-order valence-electron chi connectivity index (χ2n) is 11.4. The van der Waals surface area contributed by atoms with Gasteiger partial charge in [-0.05, 0) is 61.6 Å². The summed E-state index contributed by atoms with van der Waals surface area (Å²) in [5.74, 6) is -0.0404. The Labute approximate surface area is 283 Å². The SMILES string of the molecule is CCC(C(=O)NC1CCCCC1)N(CCc1ccccc1)C(=O)CN(c1cc(Cl)ccc1OC)S(=O)(=O)c1ccc(OC)c(OC)c1. The van der Waals surface area contributed by atoms with E-state index in [0.717, 1.165) is 42.0 Å². The van der Waals surface area contributed by atoms with Gasteiger partial charge in [0.15, 0.2) is 11.5 Å². The summed E-state index contributed by atoms with van der Waals surface area (Å²) in [5.41, 5.74) is 1.06. The van der Waals surface area contributed by atoms with Crippen LogP contribution in [-0.4, -0.2) is 71.6 Å². The van der Waals surface area contributed by atoms with Crippen molar-refractivity contribution in [2.24, 2.45) is 0 Å². The lowest BCUT2D eigenvalue weighted by Gasteiger charge is -2.34. The molecule has 0 aromatic heterocycles. The molecule has 254 valence electrons. The molecule has 0 heterocycles. The summed E-state index contributed by atoms with van der Waals surface area (Å²) in [4.78, 5) is 29.6. The molecule has 3 aromatic rings. The standard InChI is InChI=1S/C35H44ClN3O7S/c1-5-29(35(41)37-27-14-10-7-11-15-27)38(21-20-25-12-8-6-9-13-25)34(40)24-39(30-22-26(36)16-18-31(30)44-2)47(42,43)28-17-19-32(45-3)33(23-28)46-4/h6,8-9,12-13,16-19,22-23,27,29H,5,7,10-11,14-15,20-21,24H2,1-4H3,(H,37,41). The van der Waals surface area contributed by atoms with Crippen LogP contribution in [0.4, 0.5) is 5.69 Å². The number of hydrogen-bond donors (Lipinski definition) is 1. The van der Waals surface area contributed by atoms with Crippen molar-refractivity contribution in [3.63, 3.8) is 0 Å². The van der Waals surface area contributed by atoms with Gasteiger partial charge in [0, 0.05) is 23.7 Å².